The van der Waals surface area contributed by atoms with Crippen LogP contribution in [0.3, 0.4) is 0 Å². The maximum atomic E-state index is 11.1. The van der Waals surface area contributed by atoms with Crippen LogP contribution < -0.4 is 0 Å². The summed E-state index contributed by atoms with van der Waals surface area (Å²) in [6.07, 6.45) is 5.23. The molecule has 0 N–H and O–H groups in total. The van der Waals surface area contributed by atoms with E-state index in [4.69, 9.17) is 16.7 Å². The first-order chi connectivity index (χ1) is 8.20. The largest absolute Gasteiger partial charge is 0.466 e. The first kappa shape index (κ1) is 14.8. The molecule has 17 heavy (non-hydrogen) atoms. The van der Waals surface area contributed by atoms with Crippen LogP contribution in [0.5, 0.6) is 0 Å². The fraction of sp³-hybridized carbons (Fsp3) is 0.600. The van der Waals surface area contributed by atoms with Gasteiger partial charge in [0.05, 0.1) is 19.4 Å². The fourth-order valence-corrected chi connectivity index (χ4v) is 0.837. The van der Waals surface area contributed by atoms with Gasteiger partial charge >= 0.3 is 11.9 Å². The Hall–Kier alpha value is -2.19. The minimum absolute atomic E-state index is 0.0507. The molecule has 0 amide bonds. The number of hydrogen-bond donors (Lipinski definition) is 0. The topological polar surface area (TPSA) is 101 Å². The van der Waals surface area contributed by atoms with Gasteiger partial charge in [-0.25, -0.2) is 0 Å². The number of carbonyl (C=O) groups excluding carboxylic acids is 2. The van der Waals surface area contributed by atoms with Gasteiger partial charge in [0.15, 0.2) is 6.61 Å². The van der Waals surface area contributed by atoms with E-state index in [1.165, 1.54) is 0 Å². The number of hydrogen-bond acceptors (Lipinski definition) is 5. The molecule has 7 heteroatoms. The van der Waals surface area contributed by atoms with Crippen molar-refractivity contribution in [2.45, 2.75) is 19.3 Å². The normalized spacial score (nSPS) is 8.65. The van der Waals surface area contributed by atoms with Crippen LogP contribution in [0.4, 0.5) is 0 Å². The smallest absolute Gasteiger partial charge is 0.307 e. The number of carbonyl (C=O) groups is 2. The highest BCUT2D eigenvalue weighted by atomic mass is 16.5. The Labute approximate surface area is 98.7 Å². The van der Waals surface area contributed by atoms with Crippen molar-refractivity contribution in [1.29, 1.82) is 0 Å². The summed E-state index contributed by atoms with van der Waals surface area (Å²) in [5.74, 6) is 1.11. The van der Waals surface area contributed by atoms with Crippen molar-refractivity contribution in [3.05, 3.63) is 10.4 Å². The molecule has 0 fully saturated rings. The fourth-order valence-electron chi connectivity index (χ4n) is 0.837. The third-order valence-corrected chi connectivity index (χ3v) is 1.58. The lowest BCUT2D eigenvalue weighted by atomic mass is 10.3. The number of esters is 2. The summed E-state index contributed by atoms with van der Waals surface area (Å²) >= 11 is 0. The van der Waals surface area contributed by atoms with Gasteiger partial charge in [-0.1, -0.05) is 11.0 Å². The summed E-state index contributed by atoms with van der Waals surface area (Å²) in [7, 11) is 0. The van der Waals surface area contributed by atoms with E-state index >= 15 is 0 Å². The lowest BCUT2D eigenvalue weighted by molar-refractivity contribution is -0.149. The molecule has 0 atom stereocenters. The minimum Gasteiger partial charge on any atom is -0.466 e. The van der Waals surface area contributed by atoms with Gasteiger partial charge in [0.2, 0.25) is 0 Å². The van der Waals surface area contributed by atoms with Crippen molar-refractivity contribution in [3.63, 3.8) is 0 Å². The first-order valence-electron chi connectivity index (χ1n) is 4.96. The minimum atomic E-state index is -0.533. The van der Waals surface area contributed by atoms with Gasteiger partial charge in [0, 0.05) is 11.5 Å². The van der Waals surface area contributed by atoms with Crippen molar-refractivity contribution in [1.82, 2.24) is 0 Å². The molecular formula is C10H13N3O4. The average molecular weight is 239 g/mol. The molecule has 92 valence electrons. The molecule has 0 aromatic carbocycles. The van der Waals surface area contributed by atoms with E-state index in [0.29, 0.717) is 6.42 Å². The number of azide groups is 1. The second-order valence-electron chi connectivity index (χ2n) is 2.89. The highest BCUT2D eigenvalue weighted by Gasteiger charge is 2.08. The third kappa shape index (κ3) is 10.1. The molecule has 0 aliphatic rings. The summed E-state index contributed by atoms with van der Waals surface area (Å²) in [4.78, 5) is 24.6. The molecule has 0 saturated carbocycles. The Morgan fingerprint density at radius 1 is 1.29 bits per heavy atom. The highest BCUT2D eigenvalue weighted by molar-refractivity contribution is 5.77. The molecule has 0 radical (unpaired) electrons. The zero-order chi connectivity index (χ0) is 12.9. The Morgan fingerprint density at radius 2 is 1.94 bits per heavy atom. The van der Waals surface area contributed by atoms with Crippen molar-refractivity contribution in [3.8, 4) is 12.3 Å². The van der Waals surface area contributed by atoms with Crippen LogP contribution in [0, 0.1) is 12.3 Å². The number of rotatable bonds is 8. The van der Waals surface area contributed by atoms with Crippen LogP contribution >= 0.6 is 0 Å². The van der Waals surface area contributed by atoms with Gasteiger partial charge in [-0.05, 0) is 12.0 Å². The molecular weight excluding hydrogens is 226 g/mol. The van der Waals surface area contributed by atoms with E-state index < -0.39 is 11.9 Å². The standard InChI is InChI=1S/C10H13N3O4/c1-2-7-16-9(14)4-5-10(15)17-8-3-6-12-13-11/h1H,3-8H2. The second kappa shape index (κ2) is 10.3. The average Bonchev–Trinajstić information content (AvgIpc) is 2.33. The van der Waals surface area contributed by atoms with Crippen LogP contribution in [0.1, 0.15) is 19.3 Å². The molecule has 0 saturated heterocycles. The predicted molar refractivity (Wildman–Crippen MR) is 58.6 cm³/mol. The number of nitrogens with zero attached hydrogens (tertiary/aromatic N) is 3. The van der Waals surface area contributed by atoms with Crippen LogP contribution in [-0.4, -0.2) is 31.7 Å². The van der Waals surface area contributed by atoms with Gasteiger partial charge < -0.3 is 9.47 Å². The van der Waals surface area contributed by atoms with Crippen LogP contribution in [0.2, 0.25) is 0 Å². The maximum Gasteiger partial charge on any atom is 0.307 e. The third-order valence-electron chi connectivity index (χ3n) is 1.58. The Balaban J connectivity index is 3.49. The van der Waals surface area contributed by atoms with E-state index in [-0.39, 0.29) is 32.6 Å². The molecule has 0 rings (SSSR count). The highest BCUT2D eigenvalue weighted by Crippen LogP contribution is 1.96. The van der Waals surface area contributed by atoms with Gasteiger partial charge in [-0.15, -0.1) is 6.42 Å². The Kier molecular flexibility index (Phi) is 9.00. The van der Waals surface area contributed by atoms with E-state index in [1.807, 2.05) is 0 Å². The Bertz CT molecular complexity index is 342. The molecule has 7 nitrogen and oxygen atoms in total. The molecule has 0 unspecified atom stereocenters. The summed E-state index contributed by atoms with van der Waals surface area (Å²) in [6, 6.07) is 0. The van der Waals surface area contributed by atoms with Crippen LogP contribution in [0.25, 0.3) is 10.4 Å². The molecule has 0 spiro atoms. The lowest BCUT2D eigenvalue weighted by Gasteiger charge is -2.03. The molecule has 0 aliphatic heterocycles. The zero-order valence-electron chi connectivity index (χ0n) is 9.29. The van der Waals surface area contributed by atoms with Crippen molar-refractivity contribution in [2.24, 2.45) is 5.11 Å². The molecule has 0 aromatic rings. The first-order valence-corrected chi connectivity index (χ1v) is 4.96. The molecule has 0 heterocycles. The molecule has 0 aliphatic carbocycles. The monoisotopic (exact) mass is 239 g/mol. The van der Waals surface area contributed by atoms with Gasteiger partial charge in [0.25, 0.3) is 0 Å². The maximum absolute atomic E-state index is 11.1. The van der Waals surface area contributed by atoms with Crippen LogP contribution in [0.15, 0.2) is 5.11 Å². The second-order valence-corrected chi connectivity index (χ2v) is 2.89. The summed E-state index contributed by atoms with van der Waals surface area (Å²) in [5, 5.41) is 3.27. The molecule has 0 aromatic heterocycles. The SMILES string of the molecule is C#CCOC(=O)CCC(=O)OCCCN=[N+]=[N-]. The number of terminal acetylenes is 1. The zero-order valence-corrected chi connectivity index (χ0v) is 9.29. The van der Waals surface area contributed by atoms with E-state index in [9.17, 15) is 9.59 Å². The van der Waals surface area contributed by atoms with Crippen molar-refractivity contribution in [2.75, 3.05) is 19.8 Å². The Morgan fingerprint density at radius 3 is 2.53 bits per heavy atom. The predicted octanol–water partition coefficient (Wildman–Crippen LogP) is 1.19. The van der Waals surface area contributed by atoms with Gasteiger partial charge in [-0.2, -0.15) is 0 Å². The van der Waals surface area contributed by atoms with E-state index in [0.717, 1.165) is 0 Å². The van der Waals surface area contributed by atoms with Crippen LogP contribution in [-0.2, 0) is 19.1 Å². The van der Waals surface area contributed by atoms with E-state index in [2.05, 4.69) is 20.7 Å². The summed E-state index contributed by atoms with van der Waals surface area (Å²) in [6.45, 7) is 0.339. The summed E-state index contributed by atoms with van der Waals surface area (Å²) in [5.41, 5.74) is 7.98. The van der Waals surface area contributed by atoms with E-state index in [1.54, 1.807) is 0 Å². The quantitative estimate of drug-likeness (QED) is 0.158. The molecule has 0 bridgehead atoms. The van der Waals surface area contributed by atoms with Gasteiger partial charge in [-0.3, -0.25) is 9.59 Å². The number of ether oxygens (including phenoxy) is 2. The van der Waals surface area contributed by atoms with Crippen molar-refractivity contribution < 1.29 is 19.1 Å². The summed E-state index contributed by atoms with van der Waals surface area (Å²) < 4.78 is 9.33. The van der Waals surface area contributed by atoms with Gasteiger partial charge in [0.1, 0.15) is 0 Å². The van der Waals surface area contributed by atoms with Crippen molar-refractivity contribution >= 4 is 11.9 Å². The lowest BCUT2D eigenvalue weighted by Crippen LogP contribution is -2.11.